The average Bonchev–Trinajstić information content (AvgIpc) is 2.99. The van der Waals surface area contributed by atoms with E-state index in [9.17, 15) is 9.90 Å². The SMILES string of the molecule is O=c1c2ccsc2ncn1C[C@@H](O)COc1ccc(Cl)cc1. The van der Waals surface area contributed by atoms with E-state index in [4.69, 9.17) is 16.3 Å². The number of halogens is 1. The van der Waals surface area contributed by atoms with E-state index in [-0.39, 0.29) is 18.7 Å². The summed E-state index contributed by atoms with van der Waals surface area (Å²) in [7, 11) is 0. The van der Waals surface area contributed by atoms with Gasteiger partial charge in [0.25, 0.3) is 5.56 Å². The number of aliphatic hydroxyl groups excluding tert-OH is 1. The minimum atomic E-state index is -0.814. The second-order valence-electron chi connectivity index (χ2n) is 4.76. The van der Waals surface area contributed by atoms with Crippen LogP contribution in [0.25, 0.3) is 10.2 Å². The molecule has 1 N–H and O–H groups in total. The summed E-state index contributed by atoms with van der Waals surface area (Å²) in [6.45, 7) is 0.209. The summed E-state index contributed by atoms with van der Waals surface area (Å²) in [5.74, 6) is 0.613. The zero-order valence-electron chi connectivity index (χ0n) is 11.5. The van der Waals surface area contributed by atoms with Gasteiger partial charge in [0.1, 0.15) is 23.3 Å². The topological polar surface area (TPSA) is 64.4 Å². The number of rotatable bonds is 5. The van der Waals surface area contributed by atoms with Crippen molar-refractivity contribution in [2.24, 2.45) is 0 Å². The summed E-state index contributed by atoms with van der Waals surface area (Å²) in [5.41, 5.74) is -0.156. The Morgan fingerprint density at radius 2 is 2.09 bits per heavy atom. The molecular weight excluding hydrogens is 324 g/mol. The number of hydrogen-bond acceptors (Lipinski definition) is 5. The maximum Gasteiger partial charge on any atom is 0.262 e. The van der Waals surface area contributed by atoms with Crippen molar-refractivity contribution in [2.45, 2.75) is 12.6 Å². The molecule has 0 fully saturated rings. The van der Waals surface area contributed by atoms with Crippen LogP contribution in [0.4, 0.5) is 0 Å². The molecule has 0 aliphatic heterocycles. The van der Waals surface area contributed by atoms with Crippen molar-refractivity contribution in [1.82, 2.24) is 9.55 Å². The normalized spacial score (nSPS) is 12.5. The molecule has 0 aliphatic rings. The zero-order valence-corrected chi connectivity index (χ0v) is 13.0. The van der Waals surface area contributed by atoms with Crippen molar-refractivity contribution < 1.29 is 9.84 Å². The molecule has 2 aromatic heterocycles. The van der Waals surface area contributed by atoms with Gasteiger partial charge in [-0.15, -0.1) is 11.3 Å². The number of nitrogens with zero attached hydrogens (tertiary/aromatic N) is 2. The fourth-order valence-corrected chi connectivity index (χ4v) is 2.88. The molecule has 5 nitrogen and oxygen atoms in total. The Hall–Kier alpha value is -1.89. The van der Waals surface area contributed by atoms with E-state index < -0.39 is 6.10 Å². The van der Waals surface area contributed by atoms with Crippen LogP contribution in [0.2, 0.25) is 5.02 Å². The molecule has 0 saturated heterocycles. The van der Waals surface area contributed by atoms with Gasteiger partial charge in [0.05, 0.1) is 18.3 Å². The summed E-state index contributed by atoms with van der Waals surface area (Å²) in [5, 5.41) is 13.0. The fourth-order valence-electron chi connectivity index (χ4n) is 2.03. The van der Waals surface area contributed by atoms with Crippen molar-refractivity contribution in [3.63, 3.8) is 0 Å². The molecule has 0 radical (unpaired) electrons. The van der Waals surface area contributed by atoms with Gasteiger partial charge in [-0.2, -0.15) is 0 Å². The first kappa shape index (κ1) is 15.0. The molecule has 114 valence electrons. The Bertz CT molecular complexity index is 829. The first-order valence-electron chi connectivity index (χ1n) is 6.62. The Labute approximate surface area is 135 Å². The average molecular weight is 337 g/mol. The Balaban J connectivity index is 1.65. The highest BCUT2D eigenvalue weighted by atomic mass is 35.5. The lowest BCUT2D eigenvalue weighted by molar-refractivity contribution is 0.0915. The van der Waals surface area contributed by atoms with Crippen LogP contribution < -0.4 is 10.3 Å². The van der Waals surface area contributed by atoms with Gasteiger partial charge in [-0.05, 0) is 35.7 Å². The van der Waals surface area contributed by atoms with Crippen LogP contribution in [-0.2, 0) is 6.54 Å². The maximum absolute atomic E-state index is 12.2. The van der Waals surface area contributed by atoms with Crippen LogP contribution in [0.1, 0.15) is 0 Å². The van der Waals surface area contributed by atoms with E-state index in [1.54, 1.807) is 30.3 Å². The van der Waals surface area contributed by atoms with E-state index in [0.717, 1.165) is 0 Å². The molecule has 0 spiro atoms. The van der Waals surface area contributed by atoms with Gasteiger partial charge in [0.2, 0.25) is 0 Å². The van der Waals surface area contributed by atoms with Crippen LogP contribution in [0.15, 0.2) is 46.8 Å². The molecule has 0 bridgehead atoms. The van der Waals surface area contributed by atoms with Gasteiger partial charge in [-0.1, -0.05) is 11.6 Å². The Morgan fingerprint density at radius 3 is 2.86 bits per heavy atom. The van der Waals surface area contributed by atoms with E-state index in [1.165, 1.54) is 22.2 Å². The standard InChI is InChI=1S/C15H13ClN2O3S/c16-10-1-3-12(4-2-10)21-8-11(19)7-18-9-17-14-13(15(18)20)5-6-22-14/h1-6,9,11,19H,7-8H2/t11-/m1/s1. The van der Waals surface area contributed by atoms with Crippen molar-refractivity contribution >= 4 is 33.2 Å². The van der Waals surface area contributed by atoms with Crippen LogP contribution in [0, 0.1) is 0 Å². The third kappa shape index (κ3) is 3.30. The summed E-state index contributed by atoms with van der Waals surface area (Å²) >= 11 is 7.20. The summed E-state index contributed by atoms with van der Waals surface area (Å²) in [6, 6.07) is 8.60. The fraction of sp³-hybridized carbons (Fsp3) is 0.200. The number of fused-ring (bicyclic) bond motifs is 1. The zero-order chi connectivity index (χ0) is 15.5. The highest BCUT2D eigenvalue weighted by Crippen LogP contribution is 2.16. The number of thiophene rings is 1. The smallest absolute Gasteiger partial charge is 0.262 e. The van der Waals surface area contributed by atoms with Crippen LogP contribution in [-0.4, -0.2) is 27.4 Å². The molecule has 2 heterocycles. The van der Waals surface area contributed by atoms with Gasteiger partial charge < -0.3 is 9.84 Å². The van der Waals surface area contributed by atoms with E-state index in [2.05, 4.69) is 4.98 Å². The summed E-state index contributed by atoms with van der Waals surface area (Å²) < 4.78 is 6.86. The van der Waals surface area contributed by atoms with Gasteiger partial charge in [0, 0.05) is 5.02 Å². The van der Waals surface area contributed by atoms with Gasteiger partial charge in [-0.25, -0.2) is 4.98 Å². The van der Waals surface area contributed by atoms with E-state index in [1.807, 2.05) is 5.38 Å². The molecule has 3 aromatic rings. The third-order valence-corrected chi connectivity index (χ3v) is 4.19. The molecule has 7 heteroatoms. The first-order chi connectivity index (χ1) is 10.6. The molecular formula is C15H13ClN2O3S. The predicted molar refractivity (Wildman–Crippen MR) is 86.8 cm³/mol. The summed E-state index contributed by atoms with van der Waals surface area (Å²) in [6.07, 6.45) is 0.637. The molecule has 0 saturated carbocycles. The summed E-state index contributed by atoms with van der Waals surface area (Å²) in [4.78, 5) is 17.1. The van der Waals surface area contributed by atoms with Crippen molar-refractivity contribution in [1.29, 1.82) is 0 Å². The predicted octanol–water partition coefficient (Wildman–Crippen LogP) is 2.55. The minimum absolute atomic E-state index is 0.0791. The van der Waals surface area contributed by atoms with E-state index >= 15 is 0 Å². The van der Waals surface area contributed by atoms with Crippen LogP contribution >= 0.6 is 22.9 Å². The lowest BCUT2D eigenvalue weighted by atomic mass is 10.3. The number of aliphatic hydroxyl groups is 1. The lowest BCUT2D eigenvalue weighted by Gasteiger charge is -2.13. The highest BCUT2D eigenvalue weighted by Gasteiger charge is 2.10. The molecule has 22 heavy (non-hydrogen) atoms. The number of aromatic nitrogens is 2. The molecule has 1 aromatic carbocycles. The Morgan fingerprint density at radius 1 is 1.32 bits per heavy atom. The van der Waals surface area contributed by atoms with E-state index in [0.29, 0.717) is 21.0 Å². The van der Waals surface area contributed by atoms with Crippen LogP contribution in [0.5, 0.6) is 5.75 Å². The van der Waals surface area contributed by atoms with Gasteiger partial charge in [-0.3, -0.25) is 9.36 Å². The molecule has 0 unspecified atom stereocenters. The first-order valence-corrected chi connectivity index (χ1v) is 7.88. The van der Waals surface area contributed by atoms with Gasteiger partial charge >= 0.3 is 0 Å². The molecule has 0 aliphatic carbocycles. The number of hydrogen-bond donors (Lipinski definition) is 1. The van der Waals surface area contributed by atoms with Gasteiger partial charge in [0.15, 0.2) is 0 Å². The highest BCUT2D eigenvalue weighted by molar-refractivity contribution is 7.16. The largest absolute Gasteiger partial charge is 0.491 e. The molecule has 0 amide bonds. The number of ether oxygens (including phenoxy) is 1. The second-order valence-corrected chi connectivity index (χ2v) is 6.09. The Kier molecular flexibility index (Phi) is 4.42. The van der Waals surface area contributed by atoms with Crippen LogP contribution in [0.3, 0.4) is 0 Å². The third-order valence-electron chi connectivity index (χ3n) is 3.11. The quantitative estimate of drug-likeness (QED) is 0.777. The van der Waals surface area contributed by atoms with Crippen molar-refractivity contribution in [3.8, 4) is 5.75 Å². The lowest BCUT2D eigenvalue weighted by Crippen LogP contribution is -2.30. The monoisotopic (exact) mass is 336 g/mol. The minimum Gasteiger partial charge on any atom is -0.491 e. The van der Waals surface area contributed by atoms with Crippen molar-refractivity contribution in [2.75, 3.05) is 6.61 Å². The molecule has 3 rings (SSSR count). The number of benzene rings is 1. The second kappa shape index (κ2) is 6.48. The molecule has 1 atom stereocenters. The maximum atomic E-state index is 12.2. The van der Waals surface area contributed by atoms with Crippen molar-refractivity contribution in [3.05, 3.63) is 57.4 Å².